The molecule has 40 heavy (non-hydrogen) atoms. The van der Waals surface area contributed by atoms with Gasteiger partial charge in [0.05, 0.1) is 12.0 Å². The molecule has 13 heteroatoms. The monoisotopic (exact) mass is 600 g/mol. The third kappa shape index (κ3) is 5.97. The van der Waals surface area contributed by atoms with Crippen LogP contribution >= 0.6 is 0 Å². The van der Waals surface area contributed by atoms with Gasteiger partial charge in [-0.05, 0) is 42.9 Å². The van der Waals surface area contributed by atoms with Crippen molar-refractivity contribution >= 4 is 23.1 Å². The van der Waals surface area contributed by atoms with E-state index < -0.39 is 71.0 Å². The average molecular weight is 601 g/mol. The lowest BCUT2D eigenvalue weighted by Crippen LogP contribution is -2.65. The van der Waals surface area contributed by atoms with Gasteiger partial charge in [0.2, 0.25) is 0 Å². The molecule has 11 nitrogen and oxygen atoms in total. The Labute approximate surface area is 239 Å². The van der Waals surface area contributed by atoms with Crippen molar-refractivity contribution in [3.8, 4) is 0 Å². The molecule has 0 aromatic carbocycles. The number of nitrogens with zero attached hydrogens (tertiary/aromatic N) is 2. The van der Waals surface area contributed by atoms with E-state index in [4.69, 9.17) is 22.4 Å². The number of carbonyl (C=O) groups is 1. The van der Waals surface area contributed by atoms with Gasteiger partial charge in [-0.3, -0.25) is 14.2 Å². The van der Waals surface area contributed by atoms with Gasteiger partial charge in [0.15, 0.2) is 13.0 Å². The van der Waals surface area contributed by atoms with E-state index in [1.807, 2.05) is 0 Å². The number of rotatable bonds is 7. The standard InChI is InChI=1S/C27H48N2O9Si2/c1-16(2)39(17(3)4)35-14-20-23(37-40(38-39,18(5)6)19(7)8)22(31)24(36-20)28-13-12-21(30)29(26(28)33)15-34-25(32)27(9,10)11/h12-13,16-20,22-24,31H,14-15H2,1-11H3/t20-,22-,23-,24-/m1/s1. The van der Waals surface area contributed by atoms with Crippen LogP contribution in [0.2, 0.25) is 22.2 Å². The Kier molecular flexibility index (Phi) is 9.82. The molecule has 1 aromatic heterocycles. The van der Waals surface area contributed by atoms with Gasteiger partial charge in [-0.1, -0.05) is 55.4 Å². The van der Waals surface area contributed by atoms with Crippen LogP contribution in [0.4, 0.5) is 0 Å². The van der Waals surface area contributed by atoms with Gasteiger partial charge >= 0.3 is 28.8 Å². The van der Waals surface area contributed by atoms with Crippen molar-refractivity contribution in [2.75, 3.05) is 6.61 Å². The van der Waals surface area contributed by atoms with Crippen LogP contribution in [0.25, 0.3) is 0 Å². The number of hydrogen-bond donors (Lipinski definition) is 1. The number of fused-ring (bicyclic) bond motifs is 1. The Morgan fingerprint density at radius 1 is 1.02 bits per heavy atom. The first-order valence-corrected chi connectivity index (χ1v) is 18.2. The molecule has 2 saturated heterocycles. The normalized spacial score (nSPS) is 26.7. The third-order valence-electron chi connectivity index (χ3n) is 7.95. The number of esters is 1. The summed E-state index contributed by atoms with van der Waals surface area (Å²) in [6, 6.07) is 1.18. The van der Waals surface area contributed by atoms with Crippen molar-refractivity contribution in [1.29, 1.82) is 0 Å². The highest BCUT2D eigenvalue weighted by Gasteiger charge is 2.61. The maximum Gasteiger partial charge on any atom is 0.335 e. The van der Waals surface area contributed by atoms with Crippen LogP contribution in [0.15, 0.2) is 21.9 Å². The summed E-state index contributed by atoms with van der Waals surface area (Å²) in [6.45, 7) is 21.4. The number of aliphatic hydroxyl groups excluding tert-OH is 1. The van der Waals surface area contributed by atoms with Gasteiger partial charge in [0, 0.05) is 12.3 Å². The van der Waals surface area contributed by atoms with Gasteiger partial charge in [-0.25, -0.2) is 9.36 Å². The molecule has 0 aliphatic carbocycles. The molecule has 0 amide bonds. The molecular formula is C27H48N2O9Si2. The molecule has 0 radical (unpaired) electrons. The van der Waals surface area contributed by atoms with Crippen molar-refractivity contribution in [2.24, 2.45) is 5.41 Å². The summed E-state index contributed by atoms with van der Waals surface area (Å²) in [6.07, 6.45) is -2.57. The Hall–Kier alpha value is -1.62. The summed E-state index contributed by atoms with van der Waals surface area (Å²) in [4.78, 5) is 38.2. The lowest BCUT2D eigenvalue weighted by molar-refractivity contribution is -0.157. The molecule has 2 fully saturated rings. The molecule has 0 bridgehead atoms. The summed E-state index contributed by atoms with van der Waals surface area (Å²) >= 11 is 0. The zero-order valence-corrected chi connectivity index (χ0v) is 27.8. The number of hydrogen-bond acceptors (Lipinski definition) is 9. The Balaban J connectivity index is 2.03. The molecule has 0 saturated carbocycles. The van der Waals surface area contributed by atoms with E-state index in [1.165, 1.54) is 12.3 Å². The van der Waals surface area contributed by atoms with Crippen molar-refractivity contribution in [1.82, 2.24) is 9.13 Å². The fourth-order valence-electron chi connectivity index (χ4n) is 5.55. The molecule has 2 aliphatic heterocycles. The third-order valence-corrected chi connectivity index (χ3v) is 18.2. The minimum Gasteiger partial charge on any atom is -0.443 e. The molecular weight excluding hydrogens is 552 g/mol. The van der Waals surface area contributed by atoms with E-state index in [0.29, 0.717) is 0 Å². The molecule has 1 aromatic rings. The Morgan fingerprint density at radius 2 is 1.57 bits per heavy atom. The molecule has 228 valence electrons. The predicted molar refractivity (Wildman–Crippen MR) is 154 cm³/mol. The summed E-state index contributed by atoms with van der Waals surface area (Å²) in [5.74, 6) is -0.554. The van der Waals surface area contributed by atoms with E-state index in [9.17, 15) is 19.5 Å². The van der Waals surface area contributed by atoms with Gasteiger partial charge in [0.25, 0.3) is 5.56 Å². The molecule has 3 rings (SSSR count). The number of ether oxygens (including phenoxy) is 2. The summed E-state index contributed by atoms with van der Waals surface area (Å²) in [5.41, 5.74) is -1.83. The maximum absolute atomic E-state index is 13.4. The largest absolute Gasteiger partial charge is 0.443 e. The molecule has 2 aliphatic rings. The van der Waals surface area contributed by atoms with Crippen molar-refractivity contribution < 1.29 is 32.3 Å². The highest BCUT2D eigenvalue weighted by molar-refractivity contribution is 6.84. The van der Waals surface area contributed by atoms with Crippen LogP contribution in [-0.2, 0) is 34.0 Å². The Bertz CT molecular complexity index is 1160. The second kappa shape index (κ2) is 11.9. The topological polar surface area (TPSA) is 127 Å². The lowest BCUT2D eigenvalue weighted by Gasteiger charge is -2.51. The number of aromatic nitrogens is 2. The fraction of sp³-hybridized carbons (Fsp3) is 0.815. The summed E-state index contributed by atoms with van der Waals surface area (Å²) in [7, 11) is -5.84. The maximum atomic E-state index is 13.4. The number of aliphatic hydroxyl groups is 1. The minimum atomic E-state index is -3.02. The van der Waals surface area contributed by atoms with Crippen LogP contribution in [0.5, 0.6) is 0 Å². The molecule has 0 spiro atoms. The second-order valence-corrected chi connectivity index (χ2v) is 22.0. The smallest absolute Gasteiger partial charge is 0.335 e. The average Bonchev–Trinajstić information content (AvgIpc) is 3.11. The van der Waals surface area contributed by atoms with Gasteiger partial charge in [-0.2, -0.15) is 0 Å². The van der Waals surface area contributed by atoms with Gasteiger partial charge in [-0.15, -0.1) is 0 Å². The molecule has 3 heterocycles. The van der Waals surface area contributed by atoms with E-state index >= 15 is 0 Å². The van der Waals surface area contributed by atoms with Crippen LogP contribution in [0.3, 0.4) is 0 Å². The first-order valence-electron chi connectivity index (χ1n) is 14.2. The minimum absolute atomic E-state index is 0.0487. The predicted octanol–water partition coefficient (Wildman–Crippen LogP) is 3.77. The van der Waals surface area contributed by atoms with Crippen molar-refractivity contribution in [3.05, 3.63) is 33.1 Å². The van der Waals surface area contributed by atoms with E-state index in [2.05, 4.69) is 55.4 Å². The van der Waals surface area contributed by atoms with E-state index in [1.54, 1.807) is 20.8 Å². The summed E-state index contributed by atoms with van der Waals surface area (Å²) in [5, 5.41) is 11.5. The van der Waals surface area contributed by atoms with Crippen molar-refractivity contribution in [2.45, 2.75) is 130 Å². The molecule has 0 unspecified atom stereocenters. The van der Waals surface area contributed by atoms with Crippen LogP contribution in [0, 0.1) is 5.41 Å². The first-order chi connectivity index (χ1) is 18.4. The zero-order valence-electron chi connectivity index (χ0n) is 25.8. The molecule has 1 N–H and O–H groups in total. The fourth-order valence-corrected chi connectivity index (χ4v) is 16.8. The van der Waals surface area contributed by atoms with Gasteiger partial charge < -0.3 is 27.5 Å². The highest BCUT2D eigenvalue weighted by atomic mass is 28.5. The molecule has 4 atom stereocenters. The Morgan fingerprint density at radius 3 is 2.08 bits per heavy atom. The quantitative estimate of drug-likeness (QED) is 0.367. The highest BCUT2D eigenvalue weighted by Crippen LogP contribution is 2.48. The lowest BCUT2D eigenvalue weighted by atomic mass is 9.98. The van der Waals surface area contributed by atoms with Crippen LogP contribution < -0.4 is 11.2 Å². The van der Waals surface area contributed by atoms with Gasteiger partial charge in [0.1, 0.15) is 18.3 Å². The second-order valence-electron chi connectivity index (χ2n) is 13.2. The van der Waals surface area contributed by atoms with E-state index in [0.717, 1.165) is 9.13 Å². The van der Waals surface area contributed by atoms with Crippen molar-refractivity contribution in [3.63, 3.8) is 0 Å². The van der Waals surface area contributed by atoms with E-state index in [-0.39, 0.29) is 28.8 Å². The SMILES string of the molecule is CC(C)[Si]1(C(C)C)OC[C@H]2O[C@@H](n3ccc(=O)n(COC(=O)C(C)(C)C)c3=O)[C@H](O)[C@@H]2O[Si](C(C)C)(C(C)C)O1. The number of carbonyl (C=O) groups excluding carboxylic acids is 1. The van der Waals surface area contributed by atoms with Crippen LogP contribution in [-0.4, -0.2) is 62.3 Å². The first kappa shape index (κ1) is 32.9. The summed E-state index contributed by atoms with van der Waals surface area (Å²) < 4.78 is 34.2. The zero-order chi connectivity index (χ0) is 30.4. The van der Waals surface area contributed by atoms with Crippen LogP contribution in [0.1, 0.15) is 82.4 Å².